The summed E-state index contributed by atoms with van der Waals surface area (Å²) in [6, 6.07) is 6.44. The summed E-state index contributed by atoms with van der Waals surface area (Å²) in [5.41, 5.74) is 0.725. The molecule has 1 aromatic carbocycles. The second-order valence-corrected chi connectivity index (χ2v) is 6.88. The molecule has 1 fully saturated rings. The summed E-state index contributed by atoms with van der Waals surface area (Å²) in [5.74, 6) is -0.350. The van der Waals surface area contributed by atoms with Crippen LogP contribution in [-0.2, 0) is 26.0 Å². The number of sulfonamides is 1. The molecule has 6 heteroatoms. The number of ether oxygens (including phenoxy) is 1. The van der Waals surface area contributed by atoms with E-state index in [0.717, 1.165) is 18.4 Å². The second-order valence-electron chi connectivity index (χ2n) is 4.99. The Morgan fingerprint density at radius 1 is 1.38 bits per heavy atom. The van der Waals surface area contributed by atoms with Crippen LogP contribution in [0.15, 0.2) is 41.8 Å². The Kier molecular flexibility index (Phi) is 4.80. The minimum absolute atomic E-state index is 0.0859. The Morgan fingerprint density at radius 3 is 2.48 bits per heavy atom. The van der Waals surface area contributed by atoms with Crippen molar-refractivity contribution in [3.8, 4) is 0 Å². The lowest BCUT2D eigenvalue weighted by atomic mass is 10.2. The van der Waals surface area contributed by atoms with E-state index in [1.807, 2.05) is 0 Å². The highest BCUT2D eigenvalue weighted by Crippen LogP contribution is 2.31. The van der Waals surface area contributed by atoms with Gasteiger partial charge in [0.25, 0.3) is 0 Å². The summed E-state index contributed by atoms with van der Waals surface area (Å²) in [7, 11) is -2.18. The molecule has 0 unspecified atom stereocenters. The van der Waals surface area contributed by atoms with Crippen LogP contribution in [0.2, 0.25) is 0 Å². The lowest BCUT2D eigenvalue weighted by Gasteiger charge is -2.20. The molecule has 0 radical (unpaired) electrons. The predicted molar refractivity (Wildman–Crippen MR) is 79.3 cm³/mol. The summed E-state index contributed by atoms with van der Waals surface area (Å²) < 4.78 is 31.2. The molecule has 5 nitrogen and oxygen atoms in total. The average molecular weight is 309 g/mol. The van der Waals surface area contributed by atoms with E-state index >= 15 is 0 Å². The van der Waals surface area contributed by atoms with Gasteiger partial charge < -0.3 is 4.74 Å². The van der Waals surface area contributed by atoms with Crippen molar-refractivity contribution >= 4 is 16.0 Å². The van der Waals surface area contributed by atoms with Crippen molar-refractivity contribution in [3.05, 3.63) is 42.5 Å². The van der Waals surface area contributed by atoms with Gasteiger partial charge in [0.05, 0.1) is 18.4 Å². The number of hydrogen-bond acceptors (Lipinski definition) is 4. The second kappa shape index (κ2) is 6.41. The van der Waals surface area contributed by atoms with Crippen molar-refractivity contribution in [1.29, 1.82) is 0 Å². The molecule has 0 N–H and O–H groups in total. The maximum atomic E-state index is 12.6. The summed E-state index contributed by atoms with van der Waals surface area (Å²) in [4.78, 5) is 11.4. The van der Waals surface area contributed by atoms with Crippen molar-refractivity contribution in [2.75, 3.05) is 13.7 Å². The molecule has 0 amide bonds. The largest absolute Gasteiger partial charge is 0.469 e. The van der Waals surface area contributed by atoms with Crippen molar-refractivity contribution in [2.24, 2.45) is 0 Å². The normalized spacial score (nSPS) is 15.0. The van der Waals surface area contributed by atoms with Gasteiger partial charge in [0.15, 0.2) is 0 Å². The molecule has 0 atom stereocenters. The third-order valence-corrected chi connectivity index (χ3v) is 5.30. The molecule has 0 spiro atoms. The fraction of sp³-hybridized carbons (Fsp3) is 0.400. The number of benzene rings is 1. The maximum Gasteiger partial charge on any atom is 0.309 e. The molecule has 21 heavy (non-hydrogen) atoms. The van der Waals surface area contributed by atoms with Crippen LogP contribution in [0.4, 0.5) is 0 Å². The van der Waals surface area contributed by atoms with Gasteiger partial charge in [-0.25, -0.2) is 8.42 Å². The van der Waals surface area contributed by atoms with Gasteiger partial charge in [0.2, 0.25) is 10.0 Å². The van der Waals surface area contributed by atoms with E-state index in [2.05, 4.69) is 11.3 Å². The summed E-state index contributed by atoms with van der Waals surface area (Å²) in [6.45, 7) is 3.93. The van der Waals surface area contributed by atoms with E-state index in [4.69, 9.17) is 0 Å². The zero-order valence-electron chi connectivity index (χ0n) is 12.0. The molecule has 1 saturated carbocycles. The molecule has 0 heterocycles. The van der Waals surface area contributed by atoms with Crippen LogP contribution in [0.3, 0.4) is 0 Å². The Morgan fingerprint density at radius 2 is 2.00 bits per heavy atom. The van der Waals surface area contributed by atoms with Crippen LogP contribution in [0, 0.1) is 0 Å². The minimum atomic E-state index is -3.50. The SMILES string of the molecule is C=CCN(C1CC1)S(=O)(=O)c1ccc(CC(=O)OC)cc1. The molecular formula is C15H19NO4S. The highest BCUT2D eigenvalue weighted by atomic mass is 32.2. The van der Waals surface area contributed by atoms with Gasteiger partial charge in [-0.15, -0.1) is 6.58 Å². The van der Waals surface area contributed by atoms with Crippen molar-refractivity contribution in [3.63, 3.8) is 0 Å². The lowest BCUT2D eigenvalue weighted by Crippen LogP contribution is -2.33. The number of esters is 1. The predicted octanol–water partition coefficient (Wildman–Crippen LogP) is 1.74. The topological polar surface area (TPSA) is 63.7 Å². The molecule has 1 aromatic rings. The molecule has 1 aliphatic rings. The maximum absolute atomic E-state index is 12.6. The molecule has 0 saturated heterocycles. The van der Waals surface area contributed by atoms with E-state index in [9.17, 15) is 13.2 Å². The highest BCUT2D eigenvalue weighted by molar-refractivity contribution is 7.89. The van der Waals surface area contributed by atoms with Crippen LogP contribution < -0.4 is 0 Å². The molecule has 0 aromatic heterocycles. The van der Waals surface area contributed by atoms with Crippen molar-refractivity contribution in [2.45, 2.75) is 30.2 Å². The highest BCUT2D eigenvalue weighted by Gasteiger charge is 2.37. The van der Waals surface area contributed by atoms with Gasteiger partial charge in [-0.3, -0.25) is 4.79 Å². The molecule has 0 aliphatic heterocycles. The number of hydrogen-bond donors (Lipinski definition) is 0. The van der Waals surface area contributed by atoms with E-state index < -0.39 is 10.0 Å². The molecular weight excluding hydrogens is 290 g/mol. The van der Waals surface area contributed by atoms with Gasteiger partial charge in [-0.1, -0.05) is 18.2 Å². The fourth-order valence-electron chi connectivity index (χ4n) is 2.09. The van der Waals surface area contributed by atoms with Crippen LogP contribution in [-0.4, -0.2) is 38.4 Å². The Balaban J connectivity index is 2.19. The average Bonchev–Trinajstić information content (AvgIpc) is 3.29. The number of nitrogens with zero attached hydrogens (tertiary/aromatic N) is 1. The zero-order chi connectivity index (χ0) is 15.5. The standard InChI is InChI=1S/C15H19NO4S/c1-3-10-16(13-6-7-13)21(18,19)14-8-4-12(5-9-14)11-15(17)20-2/h3-5,8-9,13H,1,6-7,10-11H2,2H3. The summed E-state index contributed by atoms with van der Waals surface area (Å²) in [6.07, 6.45) is 3.53. The van der Waals surface area contributed by atoms with E-state index in [0.29, 0.717) is 6.54 Å². The first-order valence-electron chi connectivity index (χ1n) is 6.77. The lowest BCUT2D eigenvalue weighted by molar-refractivity contribution is -0.139. The van der Waals surface area contributed by atoms with Gasteiger partial charge in [0.1, 0.15) is 0 Å². The number of methoxy groups -OCH3 is 1. The Labute approximate surface area is 125 Å². The smallest absolute Gasteiger partial charge is 0.309 e. The third kappa shape index (κ3) is 3.71. The van der Waals surface area contributed by atoms with E-state index in [-0.39, 0.29) is 23.3 Å². The molecule has 1 aliphatic carbocycles. The Hall–Kier alpha value is -1.66. The van der Waals surface area contributed by atoms with Gasteiger partial charge in [-0.05, 0) is 30.5 Å². The van der Waals surface area contributed by atoms with Gasteiger partial charge >= 0.3 is 5.97 Å². The van der Waals surface area contributed by atoms with Gasteiger partial charge in [0, 0.05) is 12.6 Å². The van der Waals surface area contributed by atoms with Crippen LogP contribution >= 0.6 is 0 Å². The van der Waals surface area contributed by atoms with Crippen molar-refractivity contribution < 1.29 is 17.9 Å². The van der Waals surface area contributed by atoms with E-state index in [1.54, 1.807) is 18.2 Å². The van der Waals surface area contributed by atoms with Gasteiger partial charge in [-0.2, -0.15) is 4.31 Å². The van der Waals surface area contributed by atoms with Crippen LogP contribution in [0.1, 0.15) is 18.4 Å². The van der Waals surface area contributed by atoms with Crippen molar-refractivity contribution in [1.82, 2.24) is 4.31 Å². The van der Waals surface area contributed by atoms with E-state index in [1.165, 1.54) is 23.5 Å². The first kappa shape index (κ1) is 15.7. The fourth-order valence-corrected chi connectivity index (χ4v) is 3.74. The summed E-state index contributed by atoms with van der Waals surface area (Å²) >= 11 is 0. The first-order valence-corrected chi connectivity index (χ1v) is 8.21. The zero-order valence-corrected chi connectivity index (χ0v) is 12.8. The summed E-state index contributed by atoms with van der Waals surface area (Å²) in [5, 5.41) is 0. The minimum Gasteiger partial charge on any atom is -0.469 e. The van der Waals surface area contributed by atoms with Crippen LogP contribution in [0.25, 0.3) is 0 Å². The molecule has 114 valence electrons. The number of carbonyl (C=O) groups excluding carboxylic acids is 1. The monoisotopic (exact) mass is 309 g/mol. The Bertz CT molecular complexity index is 618. The first-order chi connectivity index (χ1) is 9.98. The van der Waals surface area contributed by atoms with Crippen LogP contribution in [0.5, 0.6) is 0 Å². The number of rotatable bonds is 7. The third-order valence-electron chi connectivity index (χ3n) is 3.37. The quantitative estimate of drug-likeness (QED) is 0.568. The molecule has 2 rings (SSSR count). The number of carbonyl (C=O) groups is 1. The molecule has 0 bridgehead atoms.